The molecule has 6 nitrogen and oxygen atoms in total. The Bertz CT molecular complexity index is 849. The van der Waals surface area contributed by atoms with Crippen molar-refractivity contribution in [2.24, 2.45) is 5.41 Å². The van der Waals surface area contributed by atoms with E-state index in [2.05, 4.69) is 5.32 Å². The Balaban J connectivity index is 1.73. The zero-order valence-electron chi connectivity index (χ0n) is 16.5. The van der Waals surface area contributed by atoms with Gasteiger partial charge in [-0.05, 0) is 38.0 Å². The molecule has 0 saturated carbocycles. The van der Waals surface area contributed by atoms with E-state index >= 15 is 0 Å². The van der Waals surface area contributed by atoms with E-state index in [1.165, 1.54) is 0 Å². The number of amides is 2. The van der Waals surface area contributed by atoms with Crippen LogP contribution in [0.25, 0.3) is 0 Å². The van der Waals surface area contributed by atoms with Gasteiger partial charge in [-0.3, -0.25) is 10.1 Å². The van der Waals surface area contributed by atoms with Crippen molar-refractivity contribution in [3.63, 3.8) is 0 Å². The lowest BCUT2D eigenvalue weighted by molar-refractivity contribution is -0.127. The molecule has 2 aromatic carbocycles. The van der Waals surface area contributed by atoms with E-state index in [9.17, 15) is 9.59 Å². The van der Waals surface area contributed by atoms with Gasteiger partial charge >= 0.3 is 6.09 Å². The molecule has 148 valence electrons. The number of hydrogen-bond donors (Lipinski definition) is 1. The lowest BCUT2D eigenvalue weighted by Crippen LogP contribution is -2.42. The Morgan fingerprint density at radius 1 is 1.21 bits per heavy atom. The van der Waals surface area contributed by atoms with Gasteiger partial charge in [0.1, 0.15) is 19.0 Å². The van der Waals surface area contributed by atoms with Gasteiger partial charge in [-0.15, -0.1) is 0 Å². The van der Waals surface area contributed by atoms with Crippen molar-refractivity contribution in [3.8, 4) is 5.75 Å². The van der Waals surface area contributed by atoms with Crippen LogP contribution in [0, 0.1) is 5.41 Å². The van der Waals surface area contributed by atoms with Crippen molar-refractivity contribution >= 4 is 23.4 Å². The molecule has 0 saturated heterocycles. The second kappa shape index (κ2) is 8.33. The Labute approximate surface area is 165 Å². The van der Waals surface area contributed by atoms with Crippen LogP contribution in [0.5, 0.6) is 5.75 Å². The third kappa shape index (κ3) is 4.44. The number of nitrogens with one attached hydrogen (secondary N) is 1. The van der Waals surface area contributed by atoms with Crippen LogP contribution in [0.4, 0.5) is 16.2 Å². The van der Waals surface area contributed by atoms with Crippen molar-refractivity contribution in [2.75, 3.05) is 23.4 Å². The molecule has 0 radical (unpaired) electrons. The van der Waals surface area contributed by atoms with Crippen LogP contribution < -0.4 is 15.0 Å². The van der Waals surface area contributed by atoms with E-state index in [1.54, 1.807) is 23.1 Å². The first kappa shape index (κ1) is 19.7. The summed E-state index contributed by atoms with van der Waals surface area (Å²) < 4.78 is 11.2. The molecule has 3 rings (SSSR count). The molecule has 1 N–H and O–H groups in total. The first-order valence-electron chi connectivity index (χ1n) is 9.47. The summed E-state index contributed by atoms with van der Waals surface area (Å²) in [6, 6.07) is 14.8. The average molecular weight is 382 g/mol. The summed E-state index contributed by atoms with van der Waals surface area (Å²) in [7, 11) is 0. The molecule has 6 heteroatoms. The van der Waals surface area contributed by atoms with Crippen LogP contribution in [0.2, 0.25) is 0 Å². The topological polar surface area (TPSA) is 67.9 Å². The number of hydrogen-bond acceptors (Lipinski definition) is 4. The van der Waals surface area contributed by atoms with E-state index in [-0.39, 0.29) is 19.1 Å². The molecule has 0 aliphatic carbocycles. The van der Waals surface area contributed by atoms with Crippen molar-refractivity contribution in [1.82, 2.24) is 0 Å². The molecule has 0 fully saturated rings. The molecule has 1 heterocycles. The summed E-state index contributed by atoms with van der Waals surface area (Å²) in [5.74, 6) is 0.615. The largest absolute Gasteiger partial charge is 0.490 e. The standard InChI is InChI=1S/C22H26N2O4/c1-4-12-24-18-11-10-17(13-19(18)28-15-22(2,3)20(24)25)23-21(26)27-14-16-8-6-5-7-9-16/h5-11,13H,4,12,14-15H2,1-3H3,(H,23,26). The number of nitrogens with zero attached hydrogens (tertiary/aromatic N) is 1. The fourth-order valence-electron chi connectivity index (χ4n) is 3.05. The lowest BCUT2D eigenvalue weighted by atomic mass is 9.93. The molecule has 2 aromatic rings. The average Bonchev–Trinajstić information content (AvgIpc) is 2.78. The summed E-state index contributed by atoms with van der Waals surface area (Å²) >= 11 is 0. The number of anilines is 2. The van der Waals surface area contributed by atoms with E-state index in [4.69, 9.17) is 9.47 Å². The highest BCUT2D eigenvalue weighted by atomic mass is 16.5. The summed E-state index contributed by atoms with van der Waals surface area (Å²) in [6.07, 6.45) is 0.298. The second-order valence-electron chi connectivity index (χ2n) is 7.50. The van der Waals surface area contributed by atoms with Gasteiger partial charge in [0.05, 0.1) is 11.1 Å². The van der Waals surface area contributed by atoms with Crippen molar-refractivity contribution in [2.45, 2.75) is 33.8 Å². The molecule has 1 aliphatic rings. The van der Waals surface area contributed by atoms with Crippen LogP contribution in [0.1, 0.15) is 32.8 Å². The summed E-state index contributed by atoms with van der Waals surface area (Å²) in [6.45, 7) is 6.88. The van der Waals surface area contributed by atoms with E-state index in [0.717, 1.165) is 17.7 Å². The number of ether oxygens (including phenoxy) is 2. The zero-order chi connectivity index (χ0) is 20.1. The Morgan fingerprint density at radius 3 is 2.68 bits per heavy atom. The summed E-state index contributed by atoms with van der Waals surface area (Å²) in [5, 5.41) is 2.72. The molecule has 0 spiro atoms. The second-order valence-corrected chi connectivity index (χ2v) is 7.50. The molecule has 28 heavy (non-hydrogen) atoms. The number of carbonyl (C=O) groups excluding carboxylic acids is 2. The van der Waals surface area contributed by atoms with E-state index < -0.39 is 11.5 Å². The minimum Gasteiger partial charge on any atom is -0.490 e. The normalized spacial score (nSPS) is 15.2. The molecule has 1 aliphatic heterocycles. The highest BCUT2D eigenvalue weighted by molar-refractivity contribution is 5.99. The third-order valence-electron chi connectivity index (χ3n) is 4.57. The molecule has 0 atom stereocenters. The molecule has 0 bridgehead atoms. The zero-order valence-corrected chi connectivity index (χ0v) is 16.5. The van der Waals surface area contributed by atoms with E-state index in [1.807, 2.05) is 51.1 Å². The van der Waals surface area contributed by atoms with E-state index in [0.29, 0.717) is 18.0 Å². The quantitative estimate of drug-likeness (QED) is 0.821. The van der Waals surface area contributed by atoms with Gasteiger partial charge in [0, 0.05) is 18.3 Å². The minimum atomic E-state index is -0.615. The summed E-state index contributed by atoms with van der Waals surface area (Å²) in [5.41, 5.74) is 1.58. The fraction of sp³-hybridized carbons (Fsp3) is 0.364. The first-order valence-corrected chi connectivity index (χ1v) is 9.47. The van der Waals surface area contributed by atoms with Crippen LogP contribution in [0.3, 0.4) is 0 Å². The number of benzene rings is 2. The smallest absolute Gasteiger partial charge is 0.411 e. The van der Waals surface area contributed by atoms with Gasteiger partial charge in [-0.1, -0.05) is 37.3 Å². The number of fused-ring (bicyclic) bond motifs is 1. The highest BCUT2D eigenvalue weighted by Gasteiger charge is 2.37. The van der Waals surface area contributed by atoms with Crippen LogP contribution in [0.15, 0.2) is 48.5 Å². The Hall–Kier alpha value is -3.02. The summed E-state index contributed by atoms with van der Waals surface area (Å²) in [4.78, 5) is 26.7. The molecule has 0 unspecified atom stereocenters. The molecular weight excluding hydrogens is 356 g/mol. The molecular formula is C22H26N2O4. The lowest BCUT2D eigenvalue weighted by Gasteiger charge is -2.27. The SMILES string of the molecule is CCCN1C(=O)C(C)(C)COc2cc(NC(=O)OCc3ccccc3)ccc21. The van der Waals surface area contributed by atoms with Crippen LogP contribution >= 0.6 is 0 Å². The van der Waals surface area contributed by atoms with Gasteiger partial charge in [0.2, 0.25) is 5.91 Å². The first-order chi connectivity index (χ1) is 13.4. The number of rotatable bonds is 5. The van der Waals surface area contributed by atoms with Crippen LogP contribution in [-0.4, -0.2) is 25.2 Å². The van der Waals surface area contributed by atoms with Gasteiger partial charge in [0.15, 0.2) is 0 Å². The Morgan fingerprint density at radius 2 is 1.96 bits per heavy atom. The predicted molar refractivity (Wildman–Crippen MR) is 109 cm³/mol. The van der Waals surface area contributed by atoms with Crippen molar-refractivity contribution in [3.05, 3.63) is 54.1 Å². The fourth-order valence-corrected chi connectivity index (χ4v) is 3.05. The molecule has 0 aromatic heterocycles. The van der Waals surface area contributed by atoms with Gasteiger partial charge in [-0.2, -0.15) is 0 Å². The highest BCUT2D eigenvalue weighted by Crippen LogP contribution is 2.38. The monoisotopic (exact) mass is 382 g/mol. The minimum absolute atomic E-state index is 0.0380. The molecule has 2 amide bonds. The van der Waals surface area contributed by atoms with Crippen molar-refractivity contribution in [1.29, 1.82) is 0 Å². The Kier molecular flexibility index (Phi) is 5.87. The number of carbonyl (C=O) groups is 2. The maximum Gasteiger partial charge on any atom is 0.411 e. The maximum atomic E-state index is 12.9. The van der Waals surface area contributed by atoms with Gasteiger partial charge in [0.25, 0.3) is 0 Å². The maximum absolute atomic E-state index is 12.9. The third-order valence-corrected chi connectivity index (χ3v) is 4.57. The van der Waals surface area contributed by atoms with Crippen LogP contribution in [-0.2, 0) is 16.1 Å². The van der Waals surface area contributed by atoms with Crippen molar-refractivity contribution < 1.29 is 19.1 Å². The predicted octanol–water partition coefficient (Wildman–Crippen LogP) is 4.60. The van der Waals surface area contributed by atoms with Gasteiger partial charge in [-0.25, -0.2) is 4.79 Å². The van der Waals surface area contributed by atoms with Gasteiger partial charge < -0.3 is 14.4 Å².